The number of nitrogens with one attached hydrogen (secondary N) is 1. The van der Waals surface area contributed by atoms with Gasteiger partial charge in [0.1, 0.15) is 0 Å². The van der Waals surface area contributed by atoms with Gasteiger partial charge >= 0.3 is 0 Å². The summed E-state index contributed by atoms with van der Waals surface area (Å²) in [4.78, 5) is 19.3. The maximum atomic E-state index is 13.0. The maximum absolute atomic E-state index is 13.0. The second-order valence-corrected chi connectivity index (χ2v) is 6.62. The number of benzene rings is 1. The van der Waals surface area contributed by atoms with E-state index in [2.05, 4.69) is 10.3 Å². The van der Waals surface area contributed by atoms with E-state index in [-0.39, 0.29) is 17.9 Å². The first-order chi connectivity index (χ1) is 12.7. The monoisotopic (exact) mass is 373 g/mol. The molecule has 2 aromatic rings. The van der Waals surface area contributed by atoms with Gasteiger partial charge in [0.25, 0.3) is 0 Å². The normalized spacial score (nSPS) is 15.5. The van der Waals surface area contributed by atoms with Crippen LogP contribution in [0.5, 0.6) is 0 Å². The van der Waals surface area contributed by atoms with Crippen molar-refractivity contribution in [2.75, 3.05) is 20.1 Å². The number of aromatic nitrogens is 1. The molecule has 1 aliphatic rings. The van der Waals surface area contributed by atoms with Crippen molar-refractivity contribution in [1.29, 1.82) is 0 Å². The molecule has 4 nitrogen and oxygen atoms in total. The summed E-state index contributed by atoms with van der Waals surface area (Å²) in [5.41, 5.74) is 1.88. The molecule has 1 amide bonds. The average Bonchev–Trinajstić information content (AvgIpc) is 2.72. The van der Waals surface area contributed by atoms with Gasteiger partial charge in [-0.05, 0) is 55.8 Å². The molecule has 1 saturated heterocycles. The third kappa shape index (κ3) is 5.05. The van der Waals surface area contributed by atoms with Gasteiger partial charge in [-0.1, -0.05) is 43.6 Å². The fourth-order valence-electron chi connectivity index (χ4n) is 3.26. The summed E-state index contributed by atoms with van der Waals surface area (Å²) in [6.45, 7) is 5.80. The molecule has 0 aliphatic carbocycles. The van der Waals surface area contributed by atoms with Gasteiger partial charge in [0.2, 0.25) is 5.91 Å². The Morgan fingerprint density at radius 3 is 2.38 bits per heavy atom. The second kappa shape index (κ2) is 10.3. The number of hydrogen-bond acceptors (Lipinski definition) is 3. The summed E-state index contributed by atoms with van der Waals surface area (Å²) in [6, 6.07) is 13.2. The van der Waals surface area contributed by atoms with E-state index >= 15 is 0 Å². The largest absolute Gasteiger partial charge is 0.333 e. The molecule has 1 N–H and O–H groups in total. The Kier molecular flexibility index (Phi) is 8.07. The van der Waals surface area contributed by atoms with Crippen molar-refractivity contribution < 1.29 is 4.79 Å². The lowest BCUT2D eigenvalue weighted by molar-refractivity contribution is -0.136. The molecule has 0 saturated carbocycles. The number of nitrogens with zero attached hydrogens (tertiary/aromatic N) is 2. The molecule has 140 valence electrons. The molecule has 1 aliphatic heterocycles. The van der Waals surface area contributed by atoms with Gasteiger partial charge in [0, 0.05) is 24.2 Å². The zero-order chi connectivity index (χ0) is 18.9. The van der Waals surface area contributed by atoms with E-state index in [0.717, 1.165) is 37.2 Å². The Balaban J connectivity index is 0.00000117. The van der Waals surface area contributed by atoms with Crippen LogP contribution in [-0.4, -0.2) is 35.9 Å². The van der Waals surface area contributed by atoms with Crippen LogP contribution in [-0.2, 0) is 4.79 Å². The van der Waals surface area contributed by atoms with E-state index in [1.807, 2.05) is 68.3 Å². The summed E-state index contributed by atoms with van der Waals surface area (Å²) in [5.74, 6) is 0.261. The minimum absolute atomic E-state index is 0.0785. The number of hydrogen-bond donors (Lipinski definition) is 1. The highest BCUT2D eigenvalue weighted by atomic mass is 35.5. The Bertz CT molecular complexity index is 669. The molecule has 1 aromatic heterocycles. The molecule has 0 bridgehead atoms. The van der Waals surface area contributed by atoms with Crippen LogP contribution < -0.4 is 5.32 Å². The minimum atomic E-state index is -0.203. The second-order valence-electron chi connectivity index (χ2n) is 6.18. The minimum Gasteiger partial charge on any atom is -0.333 e. The predicted octanol–water partition coefficient (Wildman–Crippen LogP) is 4.31. The lowest BCUT2D eigenvalue weighted by Crippen LogP contribution is -2.41. The quantitative estimate of drug-likeness (QED) is 0.868. The Morgan fingerprint density at radius 2 is 1.81 bits per heavy atom. The van der Waals surface area contributed by atoms with E-state index in [0.29, 0.717) is 5.02 Å². The van der Waals surface area contributed by atoms with Gasteiger partial charge < -0.3 is 10.2 Å². The van der Waals surface area contributed by atoms with E-state index in [9.17, 15) is 4.79 Å². The summed E-state index contributed by atoms with van der Waals surface area (Å²) < 4.78 is 0. The number of piperidine rings is 1. The van der Waals surface area contributed by atoms with Crippen molar-refractivity contribution in [3.8, 4) is 0 Å². The third-order valence-electron chi connectivity index (χ3n) is 4.58. The number of carbonyl (C=O) groups is 1. The first kappa shape index (κ1) is 20.4. The number of pyridine rings is 1. The van der Waals surface area contributed by atoms with Crippen molar-refractivity contribution in [3.63, 3.8) is 0 Å². The van der Waals surface area contributed by atoms with Gasteiger partial charge in [-0.3, -0.25) is 9.78 Å². The fourth-order valence-corrected chi connectivity index (χ4v) is 3.39. The lowest BCUT2D eigenvalue weighted by atomic mass is 9.94. The highest BCUT2D eigenvalue weighted by molar-refractivity contribution is 6.30. The Labute approximate surface area is 161 Å². The number of carbonyl (C=O) groups excluding carboxylic acids is 1. The molecule has 3 rings (SSSR count). The predicted molar refractivity (Wildman–Crippen MR) is 107 cm³/mol. The molecule has 2 heterocycles. The average molecular weight is 374 g/mol. The van der Waals surface area contributed by atoms with Crippen molar-refractivity contribution >= 4 is 17.5 Å². The van der Waals surface area contributed by atoms with Crippen LogP contribution in [0.15, 0.2) is 48.7 Å². The van der Waals surface area contributed by atoms with Crippen molar-refractivity contribution in [2.24, 2.45) is 5.92 Å². The van der Waals surface area contributed by atoms with Crippen LogP contribution in [0.4, 0.5) is 0 Å². The summed E-state index contributed by atoms with van der Waals surface area (Å²) in [7, 11) is 1.87. The number of amides is 1. The van der Waals surface area contributed by atoms with E-state index in [4.69, 9.17) is 11.6 Å². The van der Waals surface area contributed by atoms with Gasteiger partial charge in [-0.15, -0.1) is 0 Å². The zero-order valence-electron chi connectivity index (χ0n) is 15.8. The highest BCUT2D eigenvalue weighted by Gasteiger charge is 2.30. The van der Waals surface area contributed by atoms with Crippen LogP contribution in [0.1, 0.15) is 44.0 Å². The molecular weight excluding hydrogens is 346 g/mol. The topological polar surface area (TPSA) is 45.2 Å². The standard InChI is InChI=1S/C19H22ClN3O.C2H6/c1-23(19(24)15-9-12-21-13-10-15)18(17-4-2-3-11-22-17)14-5-7-16(20)8-6-14;1-2/h2-8,11,15,18,21H,9-10,12-13H2,1H3;1-2H3. The first-order valence-electron chi connectivity index (χ1n) is 9.30. The molecule has 1 aromatic carbocycles. The Hall–Kier alpha value is -1.91. The van der Waals surface area contributed by atoms with Gasteiger partial charge in [-0.2, -0.15) is 0 Å². The number of rotatable bonds is 4. The van der Waals surface area contributed by atoms with Crippen molar-refractivity contribution in [1.82, 2.24) is 15.2 Å². The SMILES string of the molecule is CC.CN(C(=O)C1CCNCC1)C(c1ccc(Cl)cc1)c1ccccn1. The fraction of sp³-hybridized carbons (Fsp3) is 0.429. The summed E-state index contributed by atoms with van der Waals surface area (Å²) in [6.07, 6.45) is 3.54. The van der Waals surface area contributed by atoms with Crippen molar-refractivity contribution in [2.45, 2.75) is 32.7 Å². The maximum Gasteiger partial charge on any atom is 0.226 e. The Morgan fingerprint density at radius 1 is 1.15 bits per heavy atom. The highest BCUT2D eigenvalue weighted by Crippen LogP contribution is 2.29. The molecule has 5 heteroatoms. The molecular formula is C21H28ClN3O. The van der Waals surface area contributed by atoms with E-state index in [1.165, 1.54) is 0 Å². The molecule has 1 fully saturated rings. The van der Waals surface area contributed by atoms with Crippen molar-refractivity contribution in [3.05, 3.63) is 64.9 Å². The van der Waals surface area contributed by atoms with Gasteiger partial charge in [0.15, 0.2) is 0 Å². The van der Waals surface area contributed by atoms with Crippen LogP contribution in [0, 0.1) is 5.92 Å². The molecule has 0 spiro atoms. The lowest BCUT2D eigenvalue weighted by Gasteiger charge is -2.33. The summed E-state index contributed by atoms with van der Waals surface area (Å²) in [5, 5.41) is 4.00. The smallest absolute Gasteiger partial charge is 0.226 e. The first-order valence-corrected chi connectivity index (χ1v) is 9.68. The summed E-state index contributed by atoms with van der Waals surface area (Å²) >= 11 is 6.02. The number of halogens is 1. The third-order valence-corrected chi connectivity index (χ3v) is 4.83. The molecule has 1 unspecified atom stereocenters. The molecule has 1 atom stereocenters. The van der Waals surface area contributed by atoms with Gasteiger partial charge in [0.05, 0.1) is 11.7 Å². The molecule has 26 heavy (non-hydrogen) atoms. The van der Waals surface area contributed by atoms with Crippen LogP contribution in [0.3, 0.4) is 0 Å². The van der Waals surface area contributed by atoms with Crippen LogP contribution in [0.25, 0.3) is 0 Å². The van der Waals surface area contributed by atoms with E-state index in [1.54, 1.807) is 6.20 Å². The van der Waals surface area contributed by atoms with E-state index < -0.39 is 0 Å². The van der Waals surface area contributed by atoms with Crippen LogP contribution in [0.2, 0.25) is 5.02 Å². The molecule has 0 radical (unpaired) electrons. The van der Waals surface area contributed by atoms with Gasteiger partial charge in [-0.25, -0.2) is 0 Å². The van der Waals surface area contributed by atoms with Crippen LogP contribution >= 0.6 is 11.6 Å². The zero-order valence-corrected chi connectivity index (χ0v) is 16.5.